The monoisotopic (exact) mass is 273 g/mol. The van der Waals surface area contributed by atoms with Gasteiger partial charge >= 0.3 is 0 Å². The molecule has 0 radical (unpaired) electrons. The molecule has 4 nitrogen and oxygen atoms in total. The molecule has 19 heavy (non-hydrogen) atoms. The Morgan fingerprint density at radius 2 is 2.42 bits per heavy atom. The summed E-state index contributed by atoms with van der Waals surface area (Å²) in [6, 6.07) is 3.77. The average Bonchev–Trinajstić information content (AvgIpc) is 2.92. The van der Waals surface area contributed by atoms with E-state index in [4.69, 9.17) is 0 Å². The van der Waals surface area contributed by atoms with E-state index in [1.54, 1.807) is 0 Å². The van der Waals surface area contributed by atoms with E-state index in [-0.39, 0.29) is 11.9 Å². The molecule has 0 bridgehead atoms. The number of aryl methyl sites for hydroxylation is 2. The zero-order valence-corrected chi connectivity index (χ0v) is 11.5. The van der Waals surface area contributed by atoms with Gasteiger partial charge in [-0.2, -0.15) is 0 Å². The molecule has 1 N–H and O–H groups in total. The maximum absolute atomic E-state index is 12.1. The van der Waals surface area contributed by atoms with Gasteiger partial charge in [0.05, 0.1) is 10.9 Å². The maximum Gasteiger partial charge on any atom is 0.261 e. The van der Waals surface area contributed by atoms with Crippen LogP contribution in [0.4, 0.5) is 0 Å². The lowest BCUT2D eigenvalue weighted by Crippen LogP contribution is -2.31. The first-order chi connectivity index (χ1) is 9.24. The van der Waals surface area contributed by atoms with Crippen LogP contribution in [0.3, 0.4) is 0 Å². The van der Waals surface area contributed by atoms with E-state index in [9.17, 15) is 4.79 Å². The van der Waals surface area contributed by atoms with E-state index < -0.39 is 0 Å². The van der Waals surface area contributed by atoms with Gasteiger partial charge in [-0.25, -0.2) is 9.97 Å². The van der Waals surface area contributed by atoms with Crippen molar-refractivity contribution in [3.63, 3.8) is 0 Å². The Kier molecular flexibility index (Phi) is 3.29. The van der Waals surface area contributed by atoms with Crippen LogP contribution in [-0.4, -0.2) is 15.9 Å². The van der Waals surface area contributed by atoms with Crippen LogP contribution in [0.2, 0.25) is 0 Å². The SMILES string of the molecule is Cc1ncc2c(n1)CCCC2NC(=O)c1cccs1. The molecule has 3 rings (SSSR count). The summed E-state index contributed by atoms with van der Waals surface area (Å²) in [5, 5.41) is 5.00. The molecule has 1 aliphatic rings. The van der Waals surface area contributed by atoms with Gasteiger partial charge < -0.3 is 5.32 Å². The van der Waals surface area contributed by atoms with Crippen molar-refractivity contribution in [3.05, 3.63) is 45.7 Å². The fraction of sp³-hybridized carbons (Fsp3) is 0.357. The number of nitrogens with zero attached hydrogens (tertiary/aromatic N) is 2. The van der Waals surface area contributed by atoms with E-state index in [0.717, 1.165) is 41.2 Å². The first-order valence-corrected chi connectivity index (χ1v) is 7.29. The highest BCUT2D eigenvalue weighted by Crippen LogP contribution is 2.28. The van der Waals surface area contributed by atoms with Crippen LogP contribution >= 0.6 is 11.3 Å². The van der Waals surface area contributed by atoms with Crippen LogP contribution in [0.1, 0.15) is 45.6 Å². The molecule has 5 heteroatoms. The van der Waals surface area contributed by atoms with Crippen molar-refractivity contribution < 1.29 is 4.79 Å². The zero-order chi connectivity index (χ0) is 13.2. The molecule has 2 aromatic rings. The van der Waals surface area contributed by atoms with Gasteiger partial charge in [-0.05, 0) is 37.6 Å². The largest absolute Gasteiger partial charge is 0.344 e. The molecular formula is C14H15N3OS. The van der Waals surface area contributed by atoms with E-state index in [0.29, 0.717) is 0 Å². The number of fused-ring (bicyclic) bond motifs is 1. The molecule has 2 aromatic heterocycles. The topological polar surface area (TPSA) is 54.9 Å². The normalized spacial score (nSPS) is 17.8. The Morgan fingerprint density at radius 3 is 3.21 bits per heavy atom. The fourth-order valence-electron chi connectivity index (χ4n) is 2.43. The lowest BCUT2D eigenvalue weighted by Gasteiger charge is -2.25. The van der Waals surface area contributed by atoms with Gasteiger partial charge in [0.25, 0.3) is 5.91 Å². The molecule has 98 valence electrons. The molecule has 0 aliphatic heterocycles. The second-order valence-corrected chi connectivity index (χ2v) is 5.66. The summed E-state index contributed by atoms with van der Waals surface area (Å²) in [7, 11) is 0. The zero-order valence-electron chi connectivity index (χ0n) is 10.7. The number of hydrogen-bond donors (Lipinski definition) is 1. The van der Waals surface area contributed by atoms with E-state index in [1.165, 1.54) is 11.3 Å². The molecule has 0 aromatic carbocycles. The van der Waals surface area contributed by atoms with Crippen LogP contribution in [0.5, 0.6) is 0 Å². The minimum atomic E-state index is -0.00609. The Morgan fingerprint density at radius 1 is 1.53 bits per heavy atom. The van der Waals surface area contributed by atoms with Crippen molar-refractivity contribution in [3.8, 4) is 0 Å². The molecule has 2 heterocycles. The van der Waals surface area contributed by atoms with Gasteiger partial charge in [-0.15, -0.1) is 11.3 Å². The van der Waals surface area contributed by atoms with Crippen molar-refractivity contribution >= 4 is 17.2 Å². The van der Waals surface area contributed by atoms with Crippen LogP contribution in [0, 0.1) is 6.92 Å². The van der Waals surface area contributed by atoms with Crippen molar-refractivity contribution in [2.45, 2.75) is 32.2 Å². The third kappa shape index (κ3) is 2.51. The number of aromatic nitrogens is 2. The molecule has 0 saturated carbocycles. The van der Waals surface area contributed by atoms with Crippen molar-refractivity contribution in [2.75, 3.05) is 0 Å². The molecule has 1 amide bonds. The quantitative estimate of drug-likeness (QED) is 0.915. The predicted molar refractivity (Wildman–Crippen MR) is 74.2 cm³/mol. The molecule has 0 saturated heterocycles. The number of thiophene rings is 1. The minimum absolute atomic E-state index is 0.00609. The van der Waals surface area contributed by atoms with Crippen LogP contribution in [0.25, 0.3) is 0 Å². The molecular weight excluding hydrogens is 258 g/mol. The highest BCUT2D eigenvalue weighted by atomic mass is 32.1. The van der Waals surface area contributed by atoms with Gasteiger partial charge in [0, 0.05) is 17.5 Å². The Balaban J connectivity index is 1.82. The number of nitrogens with one attached hydrogen (secondary N) is 1. The molecule has 0 fully saturated rings. The van der Waals surface area contributed by atoms with Crippen LogP contribution in [-0.2, 0) is 6.42 Å². The Hall–Kier alpha value is -1.75. The maximum atomic E-state index is 12.1. The molecule has 1 aliphatic carbocycles. The van der Waals surface area contributed by atoms with E-state index in [1.807, 2.05) is 30.6 Å². The van der Waals surface area contributed by atoms with Gasteiger partial charge in [-0.3, -0.25) is 4.79 Å². The van der Waals surface area contributed by atoms with Crippen molar-refractivity contribution in [1.82, 2.24) is 15.3 Å². The third-order valence-corrected chi connectivity index (χ3v) is 4.22. The van der Waals surface area contributed by atoms with Gasteiger partial charge in [0.15, 0.2) is 0 Å². The summed E-state index contributed by atoms with van der Waals surface area (Å²) < 4.78 is 0. The van der Waals surface area contributed by atoms with Crippen LogP contribution < -0.4 is 5.32 Å². The third-order valence-electron chi connectivity index (χ3n) is 3.35. The second-order valence-electron chi connectivity index (χ2n) is 4.71. The molecule has 1 unspecified atom stereocenters. The first kappa shape index (κ1) is 12.3. The summed E-state index contributed by atoms with van der Waals surface area (Å²) in [4.78, 5) is 21.6. The minimum Gasteiger partial charge on any atom is -0.344 e. The lowest BCUT2D eigenvalue weighted by molar-refractivity contribution is 0.0936. The van der Waals surface area contributed by atoms with Crippen LogP contribution in [0.15, 0.2) is 23.7 Å². The van der Waals surface area contributed by atoms with Gasteiger partial charge in [0.2, 0.25) is 0 Å². The lowest BCUT2D eigenvalue weighted by atomic mass is 9.92. The Labute approximate surface area is 115 Å². The first-order valence-electron chi connectivity index (χ1n) is 6.41. The highest BCUT2D eigenvalue weighted by molar-refractivity contribution is 7.12. The summed E-state index contributed by atoms with van der Waals surface area (Å²) in [5.41, 5.74) is 2.15. The van der Waals surface area contributed by atoms with E-state index in [2.05, 4.69) is 15.3 Å². The smallest absolute Gasteiger partial charge is 0.261 e. The number of carbonyl (C=O) groups is 1. The molecule has 1 atom stereocenters. The summed E-state index contributed by atoms with van der Waals surface area (Å²) >= 11 is 1.46. The Bertz CT molecular complexity index is 595. The standard InChI is InChI=1S/C14H15N3OS/c1-9-15-8-10-11(16-9)4-2-5-12(10)17-14(18)13-6-3-7-19-13/h3,6-8,12H,2,4-5H2,1H3,(H,17,18). The summed E-state index contributed by atoms with van der Waals surface area (Å²) in [6.07, 6.45) is 4.84. The number of hydrogen-bond acceptors (Lipinski definition) is 4. The van der Waals surface area contributed by atoms with Gasteiger partial charge in [-0.1, -0.05) is 6.07 Å². The fourth-order valence-corrected chi connectivity index (χ4v) is 3.06. The van der Waals surface area contributed by atoms with E-state index >= 15 is 0 Å². The number of carbonyl (C=O) groups excluding carboxylic acids is 1. The second kappa shape index (κ2) is 5.09. The predicted octanol–water partition coefficient (Wildman–Crippen LogP) is 2.65. The highest BCUT2D eigenvalue weighted by Gasteiger charge is 2.23. The number of rotatable bonds is 2. The number of amides is 1. The van der Waals surface area contributed by atoms with Gasteiger partial charge in [0.1, 0.15) is 5.82 Å². The van der Waals surface area contributed by atoms with Crippen molar-refractivity contribution in [1.29, 1.82) is 0 Å². The van der Waals surface area contributed by atoms with Crippen molar-refractivity contribution in [2.24, 2.45) is 0 Å². The summed E-state index contributed by atoms with van der Waals surface area (Å²) in [5.74, 6) is 0.789. The molecule has 0 spiro atoms. The average molecular weight is 273 g/mol. The summed E-state index contributed by atoms with van der Waals surface area (Å²) in [6.45, 7) is 1.90.